The fourth-order valence-corrected chi connectivity index (χ4v) is 2.56. The Bertz CT molecular complexity index is 632. The molecule has 0 fully saturated rings. The van der Waals surface area contributed by atoms with Crippen molar-refractivity contribution in [3.63, 3.8) is 0 Å². The zero-order valence-corrected chi connectivity index (χ0v) is 13.1. The van der Waals surface area contributed by atoms with Crippen LogP contribution in [0.2, 0.25) is 0 Å². The summed E-state index contributed by atoms with van der Waals surface area (Å²) in [5, 5.41) is 9.51. The van der Waals surface area contributed by atoms with E-state index in [9.17, 15) is 5.26 Å². The molecule has 22 heavy (non-hydrogen) atoms. The van der Waals surface area contributed by atoms with Gasteiger partial charge in [0.15, 0.2) is 0 Å². The molecule has 0 heterocycles. The lowest BCUT2D eigenvalue weighted by Crippen LogP contribution is -2.01. The van der Waals surface area contributed by atoms with E-state index in [2.05, 4.69) is 18.2 Å². The van der Waals surface area contributed by atoms with E-state index >= 15 is 0 Å². The summed E-state index contributed by atoms with van der Waals surface area (Å²) >= 11 is 0. The Kier molecular flexibility index (Phi) is 5.85. The molecular weight excluding hydrogens is 274 g/mol. The van der Waals surface area contributed by atoms with Gasteiger partial charge >= 0.3 is 0 Å². The van der Waals surface area contributed by atoms with Gasteiger partial charge in [0.25, 0.3) is 0 Å². The Morgan fingerprint density at radius 1 is 1.05 bits per heavy atom. The minimum atomic E-state index is -0.186. The predicted octanol–water partition coefficient (Wildman–Crippen LogP) is 4.33. The lowest BCUT2D eigenvalue weighted by Gasteiger charge is -2.15. The maximum absolute atomic E-state index is 9.51. The summed E-state index contributed by atoms with van der Waals surface area (Å²) in [7, 11) is 3.26. The maximum Gasteiger partial charge on any atom is 0.123 e. The molecule has 0 aliphatic rings. The molecular formula is C19H21NO2. The zero-order valence-electron chi connectivity index (χ0n) is 13.1. The molecule has 3 heteroatoms. The summed E-state index contributed by atoms with van der Waals surface area (Å²) in [6.45, 7) is 0. The lowest BCUT2D eigenvalue weighted by molar-refractivity contribution is 0.396. The molecule has 2 aromatic carbocycles. The van der Waals surface area contributed by atoms with Crippen molar-refractivity contribution in [3.05, 3.63) is 59.7 Å². The highest BCUT2D eigenvalue weighted by Gasteiger charge is 2.16. The van der Waals surface area contributed by atoms with Gasteiger partial charge in [0.2, 0.25) is 0 Å². The first-order chi connectivity index (χ1) is 10.8. The van der Waals surface area contributed by atoms with Crippen LogP contribution in [0.3, 0.4) is 0 Å². The molecule has 0 saturated heterocycles. The number of rotatable bonds is 7. The first-order valence-corrected chi connectivity index (χ1v) is 7.44. The standard InChI is InChI=1S/C19H21NO2/c1-21-17-11-12-19(22-2)18(13-17)16(14-20)10-6-9-15-7-4-3-5-8-15/h3-5,7-8,11-13,16H,6,9-10H2,1-2H3. The third kappa shape index (κ3) is 4.02. The minimum absolute atomic E-state index is 0.186. The van der Waals surface area contributed by atoms with Gasteiger partial charge in [-0.25, -0.2) is 0 Å². The third-order valence-electron chi connectivity index (χ3n) is 3.77. The fourth-order valence-electron chi connectivity index (χ4n) is 2.56. The molecule has 0 aliphatic carbocycles. The molecule has 0 aromatic heterocycles. The molecule has 0 radical (unpaired) electrons. The van der Waals surface area contributed by atoms with Crippen molar-refractivity contribution >= 4 is 0 Å². The van der Waals surface area contributed by atoms with Crippen molar-refractivity contribution in [1.82, 2.24) is 0 Å². The number of ether oxygens (including phenoxy) is 2. The highest BCUT2D eigenvalue weighted by atomic mass is 16.5. The second kappa shape index (κ2) is 8.09. The second-order valence-corrected chi connectivity index (χ2v) is 5.17. The van der Waals surface area contributed by atoms with Gasteiger partial charge in [-0.3, -0.25) is 0 Å². The number of methoxy groups -OCH3 is 2. The van der Waals surface area contributed by atoms with Gasteiger partial charge in [0.05, 0.1) is 26.2 Å². The van der Waals surface area contributed by atoms with Crippen LogP contribution in [0, 0.1) is 11.3 Å². The second-order valence-electron chi connectivity index (χ2n) is 5.17. The highest BCUT2D eigenvalue weighted by molar-refractivity contribution is 5.44. The number of nitrogens with zero attached hydrogens (tertiary/aromatic N) is 1. The highest BCUT2D eigenvalue weighted by Crippen LogP contribution is 2.33. The quantitative estimate of drug-likeness (QED) is 0.763. The number of benzene rings is 2. The first-order valence-electron chi connectivity index (χ1n) is 7.44. The van der Waals surface area contributed by atoms with E-state index in [1.165, 1.54) is 5.56 Å². The molecule has 2 aromatic rings. The van der Waals surface area contributed by atoms with Gasteiger partial charge in [0, 0.05) is 5.56 Å². The Morgan fingerprint density at radius 2 is 1.82 bits per heavy atom. The number of aryl methyl sites for hydroxylation is 1. The topological polar surface area (TPSA) is 42.2 Å². The summed E-state index contributed by atoms with van der Waals surface area (Å²) in [6.07, 6.45) is 2.74. The molecule has 0 bridgehead atoms. The van der Waals surface area contributed by atoms with Crippen LogP contribution in [0.15, 0.2) is 48.5 Å². The Morgan fingerprint density at radius 3 is 2.45 bits per heavy atom. The Hall–Kier alpha value is -2.47. The SMILES string of the molecule is COc1ccc(OC)c(C(C#N)CCCc2ccccc2)c1. The predicted molar refractivity (Wildman–Crippen MR) is 87.3 cm³/mol. The molecule has 114 valence electrons. The summed E-state index contributed by atoms with van der Waals surface area (Å²) in [5.41, 5.74) is 2.20. The Balaban J connectivity index is 2.06. The molecule has 0 spiro atoms. The maximum atomic E-state index is 9.51. The molecule has 3 nitrogen and oxygen atoms in total. The molecule has 0 N–H and O–H groups in total. The summed E-state index contributed by atoms with van der Waals surface area (Å²) in [6, 6.07) is 18.3. The van der Waals surface area contributed by atoms with Crippen LogP contribution >= 0.6 is 0 Å². The fraction of sp³-hybridized carbons (Fsp3) is 0.316. The van der Waals surface area contributed by atoms with Gasteiger partial charge in [-0.2, -0.15) is 5.26 Å². The molecule has 1 atom stereocenters. The van der Waals surface area contributed by atoms with E-state index in [4.69, 9.17) is 9.47 Å². The van der Waals surface area contributed by atoms with Gasteiger partial charge in [0.1, 0.15) is 11.5 Å². The zero-order chi connectivity index (χ0) is 15.8. The van der Waals surface area contributed by atoms with Crippen molar-refractivity contribution in [1.29, 1.82) is 5.26 Å². The average Bonchev–Trinajstić information content (AvgIpc) is 2.59. The van der Waals surface area contributed by atoms with Crippen molar-refractivity contribution < 1.29 is 9.47 Å². The van der Waals surface area contributed by atoms with Crippen LogP contribution < -0.4 is 9.47 Å². The van der Waals surface area contributed by atoms with Crippen molar-refractivity contribution in [3.8, 4) is 17.6 Å². The largest absolute Gasteiger partial charge is 0.497 e. The first kappa shape index (κ1) is 15.9. The lowest BCUT2D eigenvalue weighted by atomic mass is 9.93. The summed E-state index contributed by atoms with van der Waals surface area (Å²) in [4.78, 5) is 0. The van der Waals surface area contributed by atoms with Crippen LogP contribution in [0.1, 0.15) is 29.9 Å². The summed E-state index contributed by atoms with van der Waals surface area (Å²) < 4.78 is 10.6. The van der Waals surface area contributed by atoms with E-state index in [1.54, 1.807) is 14.2 Å². The Labute approximate surface area is 132 Å². The molecule has 0 saturated carbocycles. The van der Waals surface area contributed by atoms with Crippen LogP contribution in [0.5, 0.6) is 11.5 Å². The van der Waals surface area contributed by atoms with Crippen molar-refractivity contribution in [2.75, 3.05) is 14.2 Å². The van der Waals surface area contributed by atoms with E-state index in [0.717, 1.165) is 36.3 Å². The van der Waals surface area contributed by atoms with Gasteiger partial charge in [-0.05, 0) is 43.0 Å². The van der Waals surface area contributed by atoms with E-state index in [-0.39, 0.29) is 5.92 Å². The van der Waals surface area contributed by atoms with Crippen LogP contribution in [0.25, 0.3) is 0 Å². The third-order valence-corrected chi connectivity index (χ3v) is 3.77. The smallest absolute Gasteiger partial charge is 0.123 e. The van der Waals surface area contributed by atoms with Gasteiger partial charge < -0.3 is 9.47 Å². The average molecular weight is 295 g/mol. The van der Waals surface area contributed by atoms with Crippen LogP contribution in [-0.2, 0) is 6.42 Å². The van der Waals surface area contributed by atoms with E-state index < -0.39 is 0 Å². The molecule has 0 aliphatic heterocycles. The van der Waals surface area contributed by atoms with E-state index in [1.807, 2.05) is 36.4 Å². The van der Waals surface area contributed by atoms with Crippen molar-refractivity contribution in [2.45, 2.75) is 25.2 Å². The summed E-state index contributed by atoms with van der Waals surface area (Å²) in [5.74, 6) is 1.31. The molecule has 2 rings (SSSR count). The van der Waals surface area contributed by atoms with Crippen LogP contribution in [-0.4, -0.2) is 14.2 Å². The molecule has 0 amide bonds. The molecule has 1 unspecified atom stereocenters. The normalized spacial score (nSPS) is 11.5. The van der Waals surface area contributed by atoms with E-state index in [0.29, 0.717) is 0 Å². The van der Waals surface area contributed by atoms with Gasteiger partial charge in [-0.1, -0.05) is 30.3 Å². The number of nitriles is 1. The number of hydrogen-bond acceptors (Lipinski definition) is 3. The monoisotopic (exact) mass is 295 g/mol. The number of hydrogen-bond donors (Lipinski definition) is 0. The minimum Gasteiger partial charge on any atom is -0.497 e. The van der Waals surface area contributed by atoms with Crippen LogP contribution in [0.4, 0.5) is 0 Å². The van der Waals surface area contributed by atoms with Gasteiger partial charge in [-0.15, -0.1) is 0 Å². The van der Waals surface area contributed by atoms with Crippen molar-refractivity contribution in [2.24, 2.45) is 0 Å².